The Morgan fingerprint density at radius 1 is 1.56 bits per heavy atom. The molecule has 4 atom stereocenters. The number of aliphatic hydroxyl groups is 1. The second-order valence-corrected chi connectivity index (χ2v) is 6.44. The average Bonchev–Trinajstić information content (AvgIpc) is 2.17. The average molecular weight is 247 g/mol. The molecule has 0 aromatic heterocycles. The lowest BCUT2D eigenvalue weighted by Gasteiger charge is -2.35. The molecule has 1 aliphatic carbocycles. The lowest BCUT2D eigenvalue weighted by molar-refractivity contribution is -0.144. The van der Waals surface area contributed by atoms with Gasteiger partial charge in [0.25, 0.3) is 0 Å². The summed E-state index contributed by atoms with van der Waals surface area (Å²) in [5.74, 6) is -0.900. The number of hydrogen-bond acceptors (Lipinski definition) is 4. The maximum Gasteiger partial charge on any atom is 0.323 e. The number of aliphatic carboxylic acids is 1. The van der Waals surface area contributed by atoms with Crippen LogP contribution in [0.5, 0.6) is 0 Å². The predicted molar refractivity (Wildman–Crippen MR) is 65.5 cm³/mol. The summed E-state index contributed by atoms with van der Waals surface area (Å²) < 4.78 is 0. The Labute approximate surface area is 101 Å². The van der Waals surface area contributed by atoms with E-state index >= 15 is 0 Å². The van der Waals surface area contributed by atoms with Gasteiger partial charge in [-0.2, -0.15) is 11.8 Å². The van der Waals surface area contributed by atoms with E-state index in [9.17, 15) is 9.90 Å². The van der Waals surface area contributed by atoms with Crippen molar-refractivity contribution in [2.75, 3.05) is 0 Å². The molecule has 1 fully saturated rings. The summed E-state index contributed by atoms with van der Waals surface area (Å²) in [4.78, 5) is 11.1. The van der Waals surface area contributed by atoms with E-state index in [0.717, 1.165) is 12.8 Å². The molecule has 0 spiro atoms. The largest absolute Gasteiger partial charge is 0.480 e. The van der Waals surface area contributed by atoms with Crippen LogP contribution in [-0.2, 0) is 4.79 Å². The molecule has 5 heteroatoms. The third-order valence-corrected chi connectivity index (χ3v) is 4.86. The highest BCUT2D eigenvalue weighted by Gasteiger charge is 2.40. The molecule has 0 amide bonds. The van der Waals surface area contributed by atoms with Gasteiger partial charge in [-0.05, 0) is 32.6 Å². The molecule has 4 unspecified atom stereocenters. The number of carboxylic acid groups (broad SMARTS) is 1. The molecule has 0 bridgehead atoms. The predicted octanol–water partition coefficient (Wildman–Crippen LogP) is 1.21. The lowest BCUT2D eigenvalue weighted by Crippen LogP contribution is -2.52. The third-order valence-electron chi connectivity index (χ3n) is 3.25. The molecule has 1 aliphatic rings. The molecule has 0 heterocycles. The van der Waals surface area contributed by atoms with Crippen LogP contribution in [0.4, 0.5) is 0 Å². The summed E-state index contributed by atoms with van der Waals surface area (Å²) in [6.07, 6.45) is 2.54. The van der Waals surface area contributed by atoms with E-state index in [2.05, 4.69) is 0 Å². The number of rotatable bonds is 4. The first kappa shape index (κ1) is 13.8. The number of carboxylic acids is 1. The summed E-state index contributed by atoms with van der Waals surface area (Å²) in [5.41, 5.74) is 4.81. The van der Waals surface area contributed by atoms with Crippen molar-refractivity contribution in [1.29, 1.82) is 0 Å². The van der Waals surface area contributed by atoms with Crippen molar-refractivity contribution >= 4 is 17.7 Å². The monoisotopic (exact) mass is 247 g/mol. The van der Waals surface area contributed by atoms with Gasteiger partial charge in [-0.3, -0.25) is 4.79 Å². The molecule has 0 radical (unpaired) electrons. The zero-order valence-corrected chi connectivity index (χ0v) is 10.7. The van der Waals surface area contributed by atoms with Gasteiger partial charge in [0.15, 0.2) is 0 Å². The Morgan fingerprint density at radius 2 is 2.19 bits per heavy atom. The standard InChI is InChI=1S/C11H21NO3S/c1-7(13)8(2)16-9-4-3-5-11(12,6-9)10(14)15/h7-9,13H,3-6,12H2,1-2H3,(H,14,15). The van der Waals surface area contributed by atoms with E-state index in [4.69, 9.17) is 10.8 Å². The van der Waals surface area contributed by atoms with Crippen LogP contribution in [0.1, 0.15) is 39.5 Å². The zero-order chi connectivity index (χ0) is 12.3. The first-order valence-electron chi connectivity index (χ1n) is 5.71. The van der Waals surface area contributed by atoms with Gasteiger partial charge in [-0.15, -0.1) is 0 Å². The van der Waals surface area contributed by atoms with Crippen LogP contribution in [0.15, 0.2) is 0 Å². The van der Waals surface area contributed by atoms with Gasteiger partial charge in [-0.25, -0.2) is 0 Å². The number of hydrogen-bond donors (Lipinski definition) is 3. The maximum atomic E-state index is 11.1. The van der Waals surface area contributed by atoms with Gasteiger partial charge in [0.1, 0.15) is 5.54 Å². The third kappa shape index (κ3) is 3.37. The minimum absolute atomic E-state index is 0.126. The fourth-order valence-corrected chi connectivity index (χ4v) is 3.51. The van der Waals surface area contributed by atoms with E-state index < -0.39 is 11.5 Å². The summed E-state index contributed by atoms with van der Waals surface area (Å²) in [5, 5.41) is 18.9. The molecule has 0 aromatic carbocycles. The van der Waals surface area contributed by atoms with Crippen LogP contribution in [0.3, 0.4) is 0 Å². The molecule has 94 valence electrons. The van der Waals surface area contributed by atoms with Gasteiger partial charge in [0.05, 0.1) is 6.10 Å². The van der Waals surface area contributed by atoms with Crippen LogP contribution in [0.25, 0.3) is 0 Å². The zero-order valence-electron chi connectivity index (χ0n) is 9.85. The number of thioether (sulfide) groups is 1. The van der Waals surface area contributed by atoms with Gasteiger partial charge < -0.3 is 15.9 Å². The molecule has 4 nitrogen and oxygen atoms in total. The lowest BCUT2D eigenvalue weighted by atomic mass is 9.82. The molecule has 1 saturated carbocycles. The fraction of sp³-hybridized carbons (Fsp3) is 0.909. The first-order chi connectivity index (χ1) is 7.35. The highest BCUT2D eigenvalue weighted by Crippen LogP contribution is 2.36. The number of aliphatic hydroxyl groups excluding tert-OH is 1. The van der Waals surface area contributed by atoms with Crippen LogP contribution in [0.2, 0.25) is 0 Å². The van der Waals surface area contributed by atoms with Crippen molar-refractivity contribution in [3.8, 4) is 0 Å². The topological polar surface area (TPSA) is 83.5 Å². The van der Waals surface area contributed by atoms with E-state index in [1.807, 2.05) is 6.92 Å². The minimum atomic E-state index is -1.06. The summed E-state index contributed by atoms with van der Waals surface area (Å²) in [7, 11) is 0. The van der Waals surface area contributed by atoms with E-state index in [0.29, 0.717) is 12.8 Å². The molecule has 0 aromatic rings. The molecule has 0 aliphatic heterocycles. The van der Waals surface area contributed by atoms with Gasteiger partial charge in [0.2, 0.25) is 0 Å². The number of nitrogens with two attached hydrogens (primary N) is 1. The Balaban J connectivity index is 2.54. The summed E-state index contributed by atoms with van der Waals surface area (Å²) in [6, 6.07) is 0. The maximum absolute atomic E-state index is 11.1. The van der Waals surface area contributed by atoms with Crippen LogP contribution >= 0.6 is 11.8 Å². The molecule has 16 heavy (non-hydrogen) atoms. The van der Waals surface area contributed by atoms with Crippen molar-refractivity contribution < 1.29 is 15.0 Å². The smallest absolute Gasteiger partial charge is 0.323 e. The van der Waals surface area contributed by atoms with Gasteiger partial charge in [-0.1, -0.05) is 6.92 Å². The Hall–Kier alpha value is -0.260. The second-order valence-electron chi connectivity index (χ2n) is 4.76. The van der Waals surface area contributed by atoms with Crippen molar-refractivity contribution in [3.63, 3.8) is 0 Å². The summed E-state index contributed by atoms with van der Waals surface area (Å²) >= 11 is 1.65. The normalized spacial score (nSPS) is 34.4. The highest BCUT2D eigenvalue weighted by atomic mass is 32.2. The van der Waals surface area contributed by atoms with E-state index in [1.54, 1.807) is 18.7 Å². The van der Waals surface area contributed by atoms with E-state index in [1.165, 1.54) is 0 Å². The molecular weight excluding hydrogens is 226 g/mol. The quantitative estimate of drug-likeness (QED) is 0.695. The Morgan fingerprint density at radius 3 is 2.69 bits per heavy atom. The van der Waals surface area contributed by atoms with Gasteiger partial charge in [0, 0.05) is 10.5 Å². The SMILES string of the molecule is CC(O)C(C)SC1CCCC(N)(C(=O)O)C1. The van der Waals surface area contributed by atoms with Gasteiger partial charge >= 0.3 is 5.97 Å². The summed E-state index contributed by atoms with van der Waals surface area (Å²) in [6.45, 7) is 3.72. The Kier molecular flexibility index (Phi) is 4.64. The highest BCUT2D eigenvalue weighted by molar-refractivity contribution is 8.00. The van der Waals surface area contributed by atoms with Crippen LogP contribution in [0, 0.1) is 0 Å². The Bertz CT molecular complexity index is 260. The van der Waals surface area contributed by atoms with Crippen molar-refractivity contribution in [1.82, 2.24) is 0 Å². The van der Waals surface area contributed by atoms with Crippen LogP contribution < -0.4 is 5.73 Å². The fourth-order valence-electron chi connectivity index (χ4n) is 1.98. The molecule has 1 rings (SSSR count). The number of carbonyl (C=O) groups is 1. The van der Waals surface area contributed by atoms with Crippen molar-refractivity contribution in [2.24, 2.45) is 5.73 Å². The van der Waals surface area contributed by atoms with Crippen molar-refractivity contribution in [2.45, 2.75) is 61.7 Å². The van der Waals surface area contributed by atoms with Crippen LogP contribution in [-0.4, -0.2) is 38.3 Å². The molecule has 4 N–H and O–H groups in total. The van der Waals surface area contributed by atoms with E-state index in [-0.39, 0.29) is 16.6 Å². The minimum Gasteiger partial charge on any atom is -0.480 e. The molecular formula is C11H21NO3S. The second kappa shape index (κ2) is 5.38. The van der Waals surface area contributed by atoms with Crippen molar-refractivity contribution in [3.05, 3.63) is 0 Å². The molecule has 0 saturated heterocycles. The first-order valence-corrected chi connectivity index (χ1v) is 6.65.